The molecule has 2 N–H and O–H groups in total. The van der Waals surface area contributed by atoms with Crippen LogP contribution in [0.2, 0.25) is 5.02 Å². The molecule has 0 saturated carbocycles. The van der Waals surface area contributed by atoms with Crippen LogP contribution >= 0.6 is 11.6 Å². The molecule has 0 aliphatic carbocycles. The molecule has 1 heterocycles. The van der Waals surface area contributed by atoms with Crippen LogP contribution < -0.4 is 5.73 Å². The van der Waals surface area contributed by atoms with E-state index in [1.165, 1.54) is 4.90 Å². The van der Waals surface area contributed by atoms with Crippen LogP contribution in [-0.4, -0.2) is 16.7 Å². The molecule has 0 bridgehead atoms. The fourth-order valence-corrected chi connectivity index (χ4v) is 1.86. The van der Waals surface area contributed by atoms with E-state index >= 15 is 0 Å². The predicted molar refractivity (Wildman–Crippen MR) is 60.7 cm³/mol. The van der Waals surface area contributed by atoms with Crippen molar-refractivity contribution in [2.24, 2.45) is 0 Å². The molecule has 1 aliphatic rings. The zero-order chi connectivity index (χ0) is 11.7. The number of benzene rings is 1. The standard InChI is InChI=1S/C11H11ClN2O2/c12-9-2-1-8(13)5-7(9)6-14-10(15)3-4-11(14)16/h1-2,5H,3-4,6,13H2. The second kappa shape index (κ2) is 4.14. The quantitative estimate of drug-likeness (QED) is 0.628. The number of halogens is 1. The molecule has 0 atom stereocenters. The highest BCUT2D eigenvalue weighted by Crippen LogP contribution is 2.23. The number of nitrogen functional groups attached to an aromatic ring is 1. The van der Waals surface area contributed by atoms with Crippen molar-refractivity contribution >= 4 is 29.1 Å². The number of likely N-dealkylation sites (tertiary alicyclic amines) is 1. The molecule has 5 heteroatoms. The van der Waals surface area contributed by atoms with Crippen molar-refractivity contribution in [2.75, 3.05) is 5.73 Å². The maximum Gasteiger partial charge on any atom is 0.229 e. The van der Waals surface area contributed by atoms with E-state index in [4.69, 9.17) is 17.3 Å². The Hall–Kier alpha value is -1.55. The number of nitrogens with two attached hydrogens (primary N) is 1. The summed E-state index contributed by atoms with van der Waals surface area (Å²) in [5, 5.41) is 0.515. The van der Waals surface area contributed by atoms with Gasteiger partial charge in [-0.1, -0.05) is 11.6 Å². The van der Waals surface area contributed by atoms with Crippen molar-refractivity contribution in [1.29, 1.82) is 0 Å². The molecular weight excluding hydrogens is 228 g/mol. The Bertz CT molecular complexity index is 443. The van der Waals surface area contributed by atoms with E-state index in [9.17, 15) is 9.59 Å². The molecule has 84 valence electrons. The first kappa shape index (κ1) is 11.0. The van der Waals surface area contributed by atoms with Crippen LogP contribution in [0, 0.1) is 0 Å². The number of rotatable bonds is 2. The Morgan fingerprint density at radius 3 is 2.50 bits per heavy atom. The molecule has 2 rings (SSSR count). The highest BCUT2D eigenvalue weighted by atomic mass is 35.5. The maximum atomic E-state index is 11.4. The molecule has 0 aromatic heterocycles. The molecule has 0 radical (unpaired) electrons. The van der Waals surface area contributed by atoms with Crippen LogP contribution in [0.3, 0.4) is 0 Å². The van der Waals surface area contributed by atoms with Crippen molar-refractivity contribution in [3.8, 4) is 0 Å². The molecule has 1 aromatic rings. The van der Waals surface area contributed by atoms with Gasteiger partial charge in [-0.15, -0.1) is 0 Å². The number of hydrogen-bond acceptors (Lipinski definition) is 3. The summed E-state index contributed by atoms with van der Waals surface area (Å²) in [6.07, 6.45) is 0.581. The summed E-state index contributed by atoms with van der Waals surface area (Å²) in [4.78, 5) is 24.1. The van der Waals surface area contributed by atoms with E-state index in [-0.39, 0.29) is 18.4 Å². The van der Waals surface area contributed by atoms with Crippen LogP contribution in [0.25, 0.3) is 0 Å². The van der Waals surface area contributed by atoms with Crippen molar-refractivity contribution < 1.29 is 9.59 Å². The highest BCUT2D eigenvalue weighted by molar-refractivity contribution is 6.31. The van der Waals surface area contributed by atoms with Gasteiger partial charge in [-0.2, -0.15) is 0 Å². The number of carbonyl (C=O) groups is 2. The summed E-state index contributed by atoms with van der Waals surface area (Å²) < 4.78 is 0. The molecular formula is C11H11ClN2O2. The van der Waals surface area contributed by atoms with Crippen LogP contribution in [0.15, 0.2) is 18.2 Å². The fourth-order valence-electron chi connectivity index (χ4n) is 1.69. The number of carbonyl (C=O) groups excluding carboxylic acids is 2. The molecule has 1 saturated heterocycles. The van der Waals surface area contributed by atoms with Gasteiger partial charge in [0.1, 0.15) is 0 Å². The van der Waals surface area contributed by atoms with Gasteiger partial charge in [0.25, 0.3) is 0 Å². The third-order valence-corrected chi connectivity index (χ3v) is 2.92. The van der Waals surface area contributed by atoms with Crippen molar-refractivity contribution in [3.63, 3.8) is 0 Å². The second-order valence-corrected chi connectivity index (χ2v) is 4.13. The zero-order valence-electron chi connectivity index (χ0n) is 8.57. The third kappa shape index (κ3) is 2.02. The Labute approximate surface area is 98.0 Å². The Kier molecular flexibility index (Phi) is 2.83. The largest absolute Gasteiger partial charge is 0.399 e. The van der Waals surface area contributed by atoms with Gasteiger partial charge < -0.3 is 5.73 Å². The van der Waals surface area contributed by atoms with Gasteiger partial charge in [-0.25, -0.2) is 0 Å². The average molecular weight is 239 g/mol. The molecule has 1 aromatic carbocycles. The van der Waals surface area contributed by atoms with E-state index < -0.39 is 0 Å². The van der Waals surface area contributed by atoms with Gasteiger partial charge in [0.05, 0.1) is 6.54 Å². The SMILES string of the molecule is Nc1ccc(Cl)c(CN2C(=O)CCC2=O)c1. The number of amides is 2. The van der Waals surface area contributed by atoms with E-state index in [1.807, 2.05) is 0 Å². The lowest BCUT2D eigenvalue weighted by Gasteiger charge is -2.15. The van der Waals surface area contributed by atoms with Crippen molar-refractivity contribution in [3.05, 3.63) is 28.8 Å². The summed E-state index contributed by atoms with van der Waals surface area (Å²) in [5.74, 6) is -0.299. The molecule has 0 unspecified atom stereocenters. The topological polar surface area (TPSA) is 63.4 Å². The Balaban J connectivity index is 2.23. The lowest BCUT2D eigenvalue weighted by atomic mass is 10.2. The fraction of sp³-hybridized carbons (Fsp3) is 0.273. The maximum absolute atomic E-state index is 11.4. The lowest BCUT2D eigenvalue weighted by Crippen LogP contribution is -2.28. The molecule has 16 heavy (non-hydrogen) atoms. The first-order valence-electron chi connectivity index (χ1n) is 4.95. The molecule has 2 amide bonds. The zero-order valence-corrected chi connectivity index (χ0v) is 9.33. The summed E-state index contributed by atoms with van der Waals surface area (Å²) in [7, 11) is 0. The number of anilines is 1. The summed E-state index contributed by atoms with van der Waals surface area (Å²) >= 11 is 5.97. The van der Waals surface area contributed by atoms with Gasteiger partial charge in [0.2, 0.25) is 11.8 Å². The summed E-state index contributed by atoms with van der Waals surface area (Å²) in [6, 6.07) is 5.03. The normalized spacial score (nSPS) is 15.9. The minimum atomic E-state index is -0.150. The second-order valence-electron chi connectivity index (χ2n) is 3.72. The van der Waals surface area contributed by atoms with Gasteiger partial charge in [0.15, 0.2) is 0 Å². The molecule has 0 spiro atoms. The van der Waals surface area contributed by atoms with E-state index in [2.05, 4.69) is 0 Å². The van der Waals surface area contributed by atoms with Gasteiger partial charge in [-0.05, 0) is 23.8 Å². The molecule has 1 aliphatic heterocycles. The number of nitrogens with zero attached hydrogens (tertiary/aromatic N) is 1. The lowest BCUT2D eigenvalue weighted by molar-refractivity contribution is -0.139. The number of hydrogen-bond donors (Lipinski definition) is 1. The average Bonchev–Trinajstić information content (AvgIpc) is 2.55. The van der Waals surface area contributed by atoms with Crippen LogP contribution in [0.4, 0.5) is 5.69 Å². The van der Waals surface area contributed by atoms with Gasteiger partial charge in [-0.3, -0.25) is 14.5 Å². The van der Waals surface area contributed by atoms with E-state index in [0.29, 0.717) is 29.1 Å². The number of imide groups is 1. The Morgan fingerprint density at radius 1 is 1.25 bits per heavy atom. The van der Waals surface area contributed by atoms with Gasteiger partial charge >= 0.3 is 0 Å². The molecule has 4 nitrogen and oxygen atoms in total. The summed E-state index contributed by atoms with van der Waals surface area (Å²) in [5.41, 5.74) is 6.89. The van der Waals surface area contributed by atoms with Crippen LogP contribution in [-0.2, 0) is 16.1 Å². The minimum Gasteiger partial charge on any atom is -0.399 e. The predicted octanol–water partition coefficient (Wildman–Crippen LogP) is 1.57. The van der Waals surface area contributed by atoms with Gasteiger partial charge in [0, 0.05) is 23.6 Å². The van der Waals surface area contributed by atoms with Crippen LogP contribution in [0.5, 0.6) is 0 Å². The summed E-state index contributed by atoms with van der Waals surface area (Å²) in [6.45, 7) is 0.210. The first-order valence-corrected chi connectivity index (χ1v) is 5.33. The monoisotopic (exact) mass is 238 g/mol. The first-order chi connectivity index (χ1) is 7.58. The van der Waals surface area contributed by atoms with E-state index in [0.717, 1.165) is 0 Å². The smallest absolute Gasteiger partial charge is 0.229 e. The molecule has 1 fully saturated rings. The Morgan fingerprint density at radius 2 is 1.88 bits per heavy atom. The third-order valence-electron chi connectivity index (χ3n) is 2.55. The minimum absolute atomic E-state index is 0.150. The highest BCUT2D eigenvalue weighted by Gasteiger charge is 2.29. The van der Waals surface area contributed by atoms with Crippen LogP contribution in [0.1, 0.15) is 18.4 Å². The van der Waals surface area contributed by atoms with E-state index in [1.54, 1.807) is 18.2 Å². The van der Waals surface area contributed by atoms with Crippen molar-refractivity contribution in [2.45, 2.75) is 19.4 Å². The van der Waals surface area contributed by atoms with Crippen molar-refractivity contribution in [1.82, 2.24) is 4.90 Å².